The lowest BCUT2D eigenvalue weighted by atomic mass is 9.73. The number of hydrogen-bond acceptors (Lipinski definition) is 4. The third kappa shape index (κ3) is 6.66. The summed E-state index contributed by atoms with van der Waals surface area (Å²) in [5.41, 5.74) is 4.58. The molecule has 0 atom stereocenters. The number of carbonyl (C=O) groups excluding carboxylic acids is 2. The molecule has 2 N–H and O–H groups in total. The fraction of sp³-hybridized carbons (Fsp3) is 0.333. The lowest BCUT2D eigenvalue weighted by Gasteiger charge is -2.33. The Kier molecular flexibility index (Phi) is 9.61. The van der Waals surface area contributed by atoms with E-state index >= 15 is 0 Å². The third-order valence-corrected chi connectivity index (χ3v) is 9.26. The summed E-state index contributed by atoms with van der Waals surface area (Å²) in [4.78, 5) is 29.5. The molecule has 4 aromatic carbocycles. The van der Waals surface area contributed by atoms with Crippen molar-refractivity contribution in [1.82, 2.24) is 15.5 Å². The second-order valence-corrected chi connectivity index (χ2v) is 12.2. The molecule has 0 bridgehead atoms. The summed E-state index contributed by atoms with van der Waals surface area (Å²) >= 11 is 0. The van der Waals surface area contributed by atoms with Gasteiger partial charge in [-0.05, 0) is 91.2 Å². The Morgan fingerprint density at radius 1 is 0.800 bits per heavy atom. The fourth-order valence-electron chi connectivity index (χ4n) is 6.96. The number of carbonyl (C=O) groups is 2. The van der Waals surface area contributed by atoms with E-state index < -0.39 is 5.41 Å². The van der Waals surface area contributed by atoms with E-state index in [2.05, 4.69) is 71.0 Å². The van der Waals surface area contributed by atoms with Crippen LogP contribution in [0.5, 0.6) is 11.5 Å². The van der Waals surface area contributed by atoms with Gasteiger partial charge >= 0.3 is 0 Å². The van der Waals surface area contributed by atoms with Gasteiger partial charge < -0.3 is 20.3 Å². The molecule has 6 heteroatoms. The van der Waals surface area contributed by atoms with Crippen molar-refractivity contribution in [3.63, 3.8) is 0 Å². The molecule has 1 aliphatic heterocycles. The van der Waals surface area contributed by atoms with Gasteiger partial charge in [0, 0.05) is 31.2 Å². The highest BCUT2D eigenvalue weighted by molar-refractivity contribution is 6.00. The number of nitrogens with zero attached hydrogens (tertiary/aromatic N) is 1. The highest BCUT2D eigenvalue weighted by Gasteiger charge is 2.48. The Morgan fingerprint density at radius 3 is 2.13 bits per heavy atom. The predicted molar refractivity (Wildman–Crippen MR) is 180 cm³/mol. The molecule has 2 amide bonds. The van der Waals surface area contributed by atoms with E-state index in [0.29, 0.717) is 17.9 Å². The SMILES string of the molecule is CCCNC(=O)C1(CCCCN2CCC(NC(=O)c3cccc(Oc4ccccc4)c3)CC2)c2ccccc2-c2ccccc21. The number of nitrogens with one attached hydrogen (secondary N) is 2. The lowest BCUT2D eigenvalue weighted by molar-refractivity contribution is -0.125. The minimum Gasteiger partial charge on any atom is -0.457 e. The van der Waals surface area contributed by atoms with Crippen LogP contribution >= 0.6 is 0 Å². The highest BCUT2D eigenvalue weighted by Crippen LogP contribution is 2.51. The van der Waals surface area contributed by atoms with Gasteiger partial charge in [0.1, 0.15) is 16.9 Å². The molecule has 1 saturated heterocycles. The topological polar surface area (TPSA) is 70.7 Å². The summed E-state index contributed by atoms with van der Waals surface area (Å²) < 4.78 is 5.91. The molecule has 1 heterocycles. The molecule has 1 aliphatic carbocycles. The van der Waals surface area contributed by atoms with Crippen molar-refractivity contribution in [3.8, 4) is 22.6 Å². The van der Waals surface area contributed by atoms with Crippen molar-refractivity contribution in [2.75, 3.05) is 26.2 Å². The third-order valence-electron chi connectivity index (χ3n) is 9.26. The number of hydrogen-bond donors (Lipinski definition) is 2. The normalized spacial score (nSPS) is 15.6. The Labute approximate surface area is 266 Å². The van der Waals surface area contributed by atoms with Crippen LogP contribution in [0.2, 0.25) is 0 Å². The fourth-order valence-corrected chi connectivity index (χ4v) is 6.96. The Bertz CT molecular complexity index is 1570. The average Bonchev–Trinajstić information content (AvgIpc) is 3.37. The van der Waals surface area contributed by atoms with Gasteiger partial charge in [0.05, 0.1) is 0 Å². The van der Waals surface area contributed by atoms with E-state index in [-0.39, 0.29) is 17.9 Å². The molecule has 4 aromatic rings. The van der Waals surface area contributed by atoms with Crippen molar-refractivity contribution >= 4 is 11.8 Å². The number of benzene rings is 4. The monoisotopic (exact) mass is 601 g/mol. The van der Waals surface area contributed by atoms with Crippen LogP contribution in [0.15, 0.2) is 103 Å². The summed E-state index contributed by atoms with van der Waals surface area (Å²) in [6.07, 6.45) is 5.54. The summed E-state index contributed by atoms with van der Waals surface area (Å²) in [5.74, 6) is 1.46. The highest BCUT2D eigenvalue weighted by atomic mass is 16.5. The van der Waals surface area contributed by atoms with Gasteiger partial charge in [-0.25, -0.2) is 0 Å². The van der Waals surface area contributed by atoms with Crippen molar-refractivity contribution in [2.45, 2.75) is 56.9 Å². The van der Waals surface area contributed by atoms with Crippen molar-refractivity contribution in [2.24, 2.45) is 0 Å². The van der Waals surface area contributed by atoms with E-state index in [9.17, 15) is 9.59 Å². The molecule has 232 valence electrons. The molecule has 6 rings (SSSR count). The zero-order valence-electron chi connectivity index (χ0n) is 26.1. The van der Waals surface area contributed by atoms with E-state index in [0.717, 1.165) is 75.0 Å². The van der Waals surface area contributed by atoms with Crippen molar-refractivity contribution in [3.05, 3.63) is 120 Å². The van der Waals surface area contributed by atoms with Crippen LogP contribution in [-0.4, -0.2) is 48.9 Å². The molecule has 0 radical (unpaired) electrons. The van der Waals surface area contributed by atoms with Gasteiger partial charge in [-0.15, -0.1) is 0 Å². The summed E-state index contributed by atoms with van der Waals surface area (Å²) in [6.45, 7) is 5.68. The molecule has 45 heavy (non-hydrogen) atoms. The Morgan fingerprint density at radius 2 is 1.44 bits per heavy atom. The zero-order valence-corrected chi connectivity index (χ0v) is 26.1. The number of likely N-dealkylation sites (tertiary alicyclic amines) is 1. The number of amides is 2. The first-order valence-corrected chi connectivity index (χ1v) is 16.4. The maximum atomic E-state index is 13.9. The Hall–Kier alpha value is -4.42. The first-order valence-electron chi connectivity index (χ1n) is 16.4. The lowest BCUT2D eigenvalue weighted by Crippen LogP contribution is -2.45. The van der Waals surface area contributed by atoms with Crippen LogP contribution in [-0.2, 0) is 10.2 Å². The quantitative estimate of drug-likeness (QED) is 0.167. The zero-order chi connectivity index (χ0) is 31.1. The van der Waals surface area contributed by atoms with Crippen LogP contribution in [0.25, 0.3) is 11.1 Å². The number of unbranched alkanes of at least 4 members (excludes halogenated alkanes) is 1. The van der Waals surface area contributed by atoms with Crippen LogP contribution < -0.4 is 15.4 Å². The van der Waals surface area contributed by atoms with Crippen molar-refractivity contribution < 1.29 is 14.3 Å². The smallest absolute Gasteiger partial charge is 0.251 e. The first kappa shape index (κ1) is 30.6. The van der Waals surface area contributed by atoms with Crippen LogP contribution in [0.3, 0.4) is 0 Å². The molecular formula is C39H43N3O3. The van der Waals surface area contributed by atoms with Gasteiger partial charge in [0.25, 0.3) is 5.91 Å². The van der Waals surface area contributed by atoms with E-state index in [1.807, 2.05) is 48.5 Å². The van der Waals surface area contributed by atoms with Crippen molar-refractivity contribution in [1.29, 1.82) is 0 Å². The number of rotatable bonds is 12. The molecule has 2 aliphatic rings. The number of para-hydroxylation sites is 1. The minimum atomic E-state index is -0.650. The van der Waals surface area contributed by atoms with Crippen LogP contribution in [0.1, 0.15) is 66.9 Å². The maximum absolute atomic E-state index is 13.9. The standard InChI is InChI=1S/C39H43N3O3/c1-2-24-40-38(44)39(35-19-8-6-17-33(35)34-18-7-9-20-36(34)39)23-10-11-25-42-26-21-30(22-27-42)41-37(43)29-13-12-16-32(28-29)45-31-14-4-3-5-15-31/h3-9,12-20,28,30H,2,10-11,21-27H2,1H3,(H,40,44)(H,41,43). The van der Waals surface area contributed by atoms with Gasteiger partial charge in [-0.3, -0.25) is 9.59 Å². The largest absolute Gasteiger partial charge is 0.457 e. The number of piperidine rings is 1. The first-order chi connectivity index (χ1) is 22.1. The van der Waals surface area contributed by atoms with Gasteiger partial charge in [-0.2, -0.15) is 0 Å². The van der Waals surface area contributed by atoms with Crippen LogP contribution in [0, 0.1) is 0 Å². The van der Waals surface area contributed by atoms with E-state index in [4.69, 9.17) is 4.74 Å². The molecule has 0 aromatic heterocycles. The molecular weight excluding hydrogens is 558 g/mol. The second-order valence-electron chi connectivity index (χ2n) is 12.2. The van der Waals surface area contributed by atoms with E-state index in [1.165, 1.54) is 11.1 Å². The minimum absolute atomic E-state index is 0.0595. The van der Waals surface area contributed by atoms with Gasteiger partial charge in [-0.1, -0.05) is 86.1 Å². The van der Waals surface area contributed by atoms with E-state index in [1.54, 1.807) is 6.07 Å². The Balaban J connectivity index is 1.02. The molecule has 1 fully saturated rings. The van der Waals surface area contributed by atoms with Gasteiger partial charge in [0.2, 0.25) is 5.91 Å². The molecule has 0 unspecified atom stereocenters. The van der Waals surface area contributed by atoms with Gasteiger partial charge in [0.15, 0.2) is 0 Å². The average molecular weight is 602 g/mol. The molecule has 0 saturated carbocycles. The number of ether oxygens (including phenoxy) is 1. The summed E-state index contributed by atoms with van der Waals surface area (Å²) in [6, 6.07) is 34.0. The predicted octanol–water partition coefficient (Wildman–Crippen LogP) is 7.34. The summed E-state index contributed by atoms with van der Waals surface area (Å²) in [5, 5.41) is 6.48. The second kappa shape index (κ2) is 14.1. The molecule has 6 nitrogen and oxygen atoms in total. The maximum Gasteiger partial charge on any atom is 0.251 e. The van der Waals surface area contributed by atoms with Crippen LogP contribution in [0.4, 0.5) is 0 Å². The number of fused-ring (bicyclic) bond motifs is 3. The molecule has 0 spiro atoms. The summed E-state index contributed by atoms with van der Waals surface area (Å²) in [7, 11) is 0.